The fraction of sp³-hybridized carbons (Fsp3) is 0.333. The largest absolute Gasteiger partial charge is 0.342 e. The zero-order chi connectivity index (χ0) is 31.8. The van der Waals surface area contributed by atoms with E-state index in [9.17, 15) is 23.6 Å². The van der Waals surface area contributed by atoms with E-state index in [0.29, 0.717) is 12.1 Å². The number of hydrogen-bond donors (Lipinski definition) is 3. The number of nitrogens with zero attached hydrogens (tertiary/aromatic N) is 1. The van der Waals surface area contributed by atoms with Crippen LogP contribution in [0.15, 0.2) is 66.7 Å². The van der Waals surface area contributed by atoms with Crippen molar-refractivity contribution in [2.45, 2.75) is 64.2 Å². The van der Waals surface area contributed by atoms with Gasteiger partial charge in [0.25, 0.3) is 0 Å². The first kappa shape index (κ1) is 33.1. The fourth-order valence-electron chi connectivity index (χ4n) is 5.05. The Hall–Kier alpha value is -3.79. The summed E-state index contributed by atoms with van der Waals surface area (Å²) in [5.41, 5.74) is 2.16. The molecular formula is C33H35Cl2FN4O4. The Morgan fingerprint density at radius 2 is 1.61 bits per heavy atom. The van der Waals surface area contributed by atoms with Crippen LogP contribution >= 0.6 is 23.2 Å². The third-order valence-corrected chi connectivity index (χ3v) is 8.23. The Morgan fingerprint density at radius 3 is 2.32 bits per heavy atom. The Morgan fingerprint density at radius 1 is 0.932 bits per heavy atom. The van der Waals surface area contributed by atoms with Crippen molar-refractivity contribution in [3.05, 3.63) is 99.3 Å². The smallest absolute Gasteiger partial charge is 0.247 e. The number of hydrogen-bond acceptors (Lipinski definition) is 5. The summed E-state index contributed by atoms with van der Waals surface area (Å²) in [4.78, 5) is 54.9. The molecule has 44 heavy (non-hydrogen) atoms. The van der Waals surface area contributed by atoms with Crippen molar-refractivity contribution in [3.63, 3.8) is 0 Å². The average molecular weight is 642 g/mol. The number of benzene rings is 3. The van der Waals surface area contributed by atoms with Gasteiger partial charge in [0.2, 0.25) is 17.7 Å². The van der Waals surface area contributed by atoms with Gasteiger partial charge in [-0.2, -0.15) is 0 Å². The predicted molar refractivity (Wildman–Crippen MR) is 169 cm³/mol. The maximum atomic E-state index is 14.7. The van der Waals surface area contributed by atoms with E-state index in [2.05, 4.69) is 16.0 Å². The molecule has 0 saturated heterocycles. The molecule has 0 radical (unpaired) electrons. The maximum absolute atomic E-state index is 14.7. The minimum Gasteiger partial charge on any atom is -0.342 e. The third-order valence-electron chi connectivity index (χ3n) is 7.44. The van der Waals surface area contributed by atoms with Crippen molar-refractivity contribution < 1.29 is 23.6 Å². The molecule has 0 bridgehead atoms. The maximum Gasteiger partial charge on any atom is 0.247 e. The highest BCUT2D eigenvalue weighted by Gasteiger charge is 2.36. The zero-order valence-electron chi connectivity index (χ0n) is 24.5. The quantitative estimate of drug-likeness (QED) is 0.177. The van der Waals surface area contributed by atoms with Gasteiger partial charge in [-0.1, -0.05) is 91.6 Å². The number of halogens is 3. The van der Waals surface area contributed by atoms with Crippen molar-refractivity contribution in [3.8, 4) is 0 Å². The topological polar surface area (TPSA) is 108 Å². The highest BCUT2D eigenvalue weighted by molar-refractivity contribution is 6.42. The van der Waals surface area contributed by atoms with E-state index >= 15 is 0 Å². The van der Waals surface area contributed by atoms with E-state index in [0.717, 1.165) is 11.1 Å². The van der Waals surface area contributed by atoms with E-state index in [4.69, 9.17) is 23.2 Å². The molecule has 4 rings (SSSR count). The molecule has 3 amide bonds. The Labute approximate surface area is 266 Å². The normalized spacial score (nSPS) is 15.0. The van der Waals surface area contributed by atoms with Gasteiger partial charge in [-0.05, 0) is 36.2 Å². The lowest BCUT2D eigenvalue weighted by atomic mass is 9.92. The lowest BCUT2D eigenvalue weighted by Gasteiger charge is -2.37. The van der Waals surface area contributed by atoms with Crippen molar-refractivity contribution in [1.82, 2.24) is 15.5 Å². The van der Waals surface area contributed by atoms with Crippen LogP contribution in [0.5, 0.6) is 0 Å². The van der Waals surface area contributed by atoms with Gasteiger partial charge in [0.05, 0.1) is 15.7 Å². The van der Waals surface area contributed by atoms with Gasteiger partial charge in [-0.15, -0.1) is 0 Å². The highest BCUT2D eigenvalue weighted by atomic mass is 35.5. The molecule has 1 aliphatic heterocycles. The second-order valence-corrected chi connectivity index (χ2v) is 11.8. The van der Waals surface area contributed by atoms with Gasteiger partial charge in [0, 0.05) is 37.4 Å². The second-order valence-electron chi connectivity index (χ2n) is 11.0. The summed E-state index contributed by atoms with van der Waals surface area (Å²) in [5, 5.41) is 8.19. The SMILES string of the molecule is CC(C)NCC[C@H](NC(=O)[C@@H]1Cc2ccccc2CN1C(=O)CCC(=O)c1ccccc1)C(=O)Nc1ccc(Cl)c(Cl)c1F. The number of carbonyl (C=O) groups excluding carboxylic acids is 4. The minimum atomic E-state index is -1.06. The molecule has 0 aliphatic carbocycles. The van der Waals surface area contributed by atoms with Crippen molar-refractivity contribution >= 4 is 52.4 Å². The van der Waals surface area contributed by atoms with Crippen molar-refractivity contribution in [2.75, 3.05) is 11.9 Å². The van der Waals surface area contributed by atoms with Crippen LogP contribution in [0.4, 0.5) is 10.1 Å². The van der Waals surface area contributed by atoms with E-state index in [1.54, 1.807) is 24.3 Å². The summed E-state index contributed by atoms with van der Waals surface area (Å²) in [6.07, 6.45) is 0.358. The molecule has 3 aromatic rings. The molecule has 0 spiro atoms. The van der Waals surface area contributed by atoms with Crippen LogP contribution < -0.4 is 16.0 Å². The molecule has 8 nitrogen and oxygen atoms in total. The monoisotopic (exact) mass is 640 g/mol. The van der Waals surface area contributed by atoms with Crippen LogP contribution in [0.25, 0.3) is 0 Å². The number of Topliss-reactive ketones (excluding diaryl/α,β-unsaturated/α-hetero) is 1. The first-order valence-corrected chi connectivity index (χ1v) is 15.2. The first-order valence-electron chi connectivity index (χ1n) is 14.5. The van der Waals surface area contributed by atoms with Gasteiger partial charge >= 0.3 is 0 Å². The summed E-state index contributed by atoms with van der Waals surface area (Å²) in [6.45, 7) is 4.47. The van der Waals surface area contributed by atoms with Gasteiger partial charge in [0.15, 0.2) is 11.6 Å². The summed E-state index contributed by atoms with van der Waals surface area (Å²) in [6, 6.07) is 17.1. The number of fused-ring (bicyclic) bond motifs is 1. The molecule has 3 aromatic carbocycles. The first-order chi connectivity index (χ1) is 21.0. The summed E-state index contributed by atoms with van der Waals surface area (Å²) in [7, 11) is 0. The number of rotatable bonds is 12. The molecule has 0 saturated carbocycles. The van der Waals surface area contributed by atoms with Crippen molar-refractivity contribution in [2.24, 2.45) is 0 Å². The van der Waals surface area contributed by atoms with Crippen molar-refractivity contribution in [1.29, 1.82) is 0 Å². The lowest BCUT2D eigenvalue weighted by Crippen LogP contribution is -2.56. The Bertz CT molecular complexity index is 1520. The van der Waals surface area contributed by atoms with Crippen LogP contribution in [-0.4, -0.2) is 53.1 Å². The van der Waals surface area contributed by atoms with E-state index < -0.39 is 29.7 Å². The van der Waals surface area contributed by atoms with E-state index in [-0.39, 0.29) is 65.7 Å². The number of ketones is 1. The number of anilines is 1. The zero-order valence-corrected chi connectivity index (χ0v) is 26.1. The molecule has 3 N–H and O–H groups in total. The van der Waals surface area contributed by atoms with Crippen LogP contribution in [-0.2, 0) is 27.3 Å². The van der Waals surface area contributed by atoms with Gasteiger partial charge in [-0.25, -0.2) is 4.39 Å². The fourth-order valence-corrected chi connectivity index (χ4v) is 5.36. The Kier molecular flexibility index (Phi) is 11.5. The summed E-state index contributed by atoms with van der Waals surface area (Å²) >= 11 is 11.8. The van der Waals surface area contributed by atoms with Gasteiger partial charge in [-0.3, -0.25) is 19.2 Å². The van der Waals surface area contributed by atoms with Crippen LogP contribution in [0, 0.1) is 5.82 Å². The average Bonchev–Trinajstić information content (AvgIpc) is 3.02. The van der Waals surface area contributed by atoms with Gasteiger partial charge < -0.3 is 20.9 Å². The highest BCUT2D eigenvalue weighted by Crippen LogP contribution is 2.30. The van der Waals surface area contributed by atoms with Crippen LogP contribution in [0.2, 0.25) is 10.0 Å². The molecule has 1 aliphatic rings. The van der Waals surface area contributed by atoms with E-state index in [1.807, 2.05) is 44.2 Å². The lowest BCUT2D eigenvalue weighted by molar-refractivity contribution is -0.142. The summed E-state index contributed by atoms with van der Waals surface area (Å²) < 4.78 is 14.7. The molecule has 2 atom stereocenters. The Balaban J connectivity index is 1.53. The van der Waals surface area contributed by atoms with E-state index in [1.165, 1.54) is 17.0 Å². The van der Waals surface area contributed by atoms with Crippen LogP contribution in [0.1, 0.15) is 54.6 Å². The number of amides is 3. The second kappa shape index (κ2) is 15.3. The predicted octanol–water partition coefficient (Wildman–Crippen LogP) is 5.56. The van der Waals surface area contributed by atoms with Crippen LogP contribution in [0.3, 0.4) is 0 Å². The number of nitrogens with one attached hydrogen (secondary N) is 3. The molecule has 0 fully saturated rings. The molecule has 232 valence electrons. The third kappa shape index (κ3) is 8.43. The van der Waals surface area contributed by atoms with Gasteiger partial charge in [0.1, 0.15) is 12.1 Å². The molecular weight excluding hydrogens is 606 g/mol. The standard InChI is InChI=1S/C33H35Cl2FN4O4/c1-20(2)37-17-16-26(32(43)38-25-13-12-24(34)30(35)31(25)36)39-33(44)27-18-22-10-6-7-11-23(22)19-40(27)29(42)15-14-28(41)21-8-4-3-5-9-21/h3-13,20,26-27,37H,14-19H2,1-2H3,(H,38,43)(H,39,44)/t26-,27-/m0/s1. The molecule has 11 heteroatoms. The number of carbonyl (C=O) groups is 4. The molecule has 1 heterocycles. The minimum absolute atomic E-state index is 0.000888. The molecule has 0 aromatic heterocycles. The molecule has 0 unspecified atom stereocenters. The summed E-state index contributed by atoms with van der Waals surface area (Å²) in [5.74, 6) is -2.57.